The maximum absolute atomic E-state index is 11.7. The zero-order chi connectivity index (χ0) is 13.6. The molecule has 0 saturated heterocycles. The summed E-state index contributed by atoms with van der Waals surface area (Å²) in [5.41, 5.74) is 5.33. The molecule has 0 atom stereocenters. The fourth-order valence-corrected chi connectivity index (χ4v) is 2.22. The summed E-state index contributed by atoms with van der Waals surface area (Å²) in [5, 5.41) is 3.62. The van der Waals surface area contributed by atoms with Gasteiger partial charge in [0.2, 0.25) is 5.89 Å². The predicted octanol–water partition coefficient (Wildman–Crippen LogP) is -0.964. The summed E-state index contributed by atoms with van der Waals surface area (Å²) in [7, 11) is -1.95. The Bertz CT molecular complexity index is 459. The molecule has 104 valence electrons. The Balaban J connectivity index is 2.37. The Labute approximate surface area is 107 Å². The minimum Gasteiger partial charge on any atom is -0.339 e. The first-order valence-corrected chi connectivity index (χ1v) is 7.10. The van der Waals surface area contributed by atoms with Gasteiger partial charge in [-0.05, 0) is 19.9 Å². The van der Waals surface area contributed by atoms with Crippen molar-refractivity contribution in [3.63, 3.8) is 0 Å². The molecule has 0 bridgehead atoms. The fraction of sp³-hybridized carbons (Fsp3) is 0.778. The number of rotatable bonds is 8. The molecule has 0 fully saturated rings. The molecule has 0 radical (unpaired) electrons. The molecule has 0 aliphatic rings. The molecule has 0 aromatic carbocycles. The number of nitrogens with zero attached hydrogens (tertiary/aromatic N) is 3. The third-order valence-electron chi connectivity index (χ3n) is 2.28. The first kappa shape index (κ1) is 15.0. The van der Waals surface area contributed by atoms with Gasteiger partial charge in [-0.1, -0.05) is 5.16 Å². The van der Waals surface area contributed by atoms with Gasteiger partial charge in [0, 0.05) is 26.6 Å². The summed E-state index contributed by atoms with van der Waals surface area (Å²) in [5.74, 6) is 0.952. The lowest BCUT2D eigenvalue weighted by molar-refractivity contribution is 0.374. The highest BCUT2D eigenvalue weighted by atomic mass is 32.2. The molecule has 1 rings (SSSR count). The van der Waals surface area contributed by atoms with Crippen LogP contribution in [0.2, 0.25) is 0 Å². The Morgan fingerprint density at radius 3 is 2.78 bits per heavy atom. The van der Waals surface area contributed by atoms with Gasteiger partial charge < -0.3 is 10.3 Å². The maximum Gasteiger partial charge on any atom is 0.279 e. The van der Waals surface area contributed by atoms with E-state index in [0.29, 0.717) is 37.6 Å². The van der Waals surface area contributed by atoms with Gasteiger partial charge in [-0.2, -0.15) is 17.7 Å². The topological polar surface area (TPSA) is 114 Å². The normalized spacial score (nSPS) is 12.2. The van der Waals surface area contributed by atoms with Crippen LogP contribution in [0.15, 0.2) is 4.52 Å². The Hall–Kier alpha value is -1.03. The van der Waals surface area contributed by atoms with Crippen LogP contribution < -0.4 is 10.5 Å². The maximum atomic E-state index is 11.7. The van der Waals surface area contributed by atoms with Gasteiger partial charge >= 0.3 is 0 Å². The van der Waals surface area contributed by atoms with Crippen molar-refractivity contribution in [3.05, 3.63) is 11.7 Å². The summed E-state index contributed by atoms with van der Waals surface area (Å²) in [6.07, 6.45) is 0.991. The number of aryl methyl sites for hydroxylation is 1. The van der Waals surface area contributed by atoms with Crippen LogP contribution in [0.1, 0.15) is 18.1 Å². The van der Waals surface area contributed by atoms with Crippen molar-refractivity contribution in [1.82, 2.24) is 19.2 Å². The summed E-state index contributed by atoms with van der Waals surface area (Å²) >= 11 is 0. The monoisotopic (exact) mass is 277 g/mol. The molecule has 3 N–H and O–H groups in total. The van der Waals surface area contributed by atoms with Crippen LogP contribution in [-0.2, 0) is 16.6 Å². The van der Waals surface area contributed by atoms with E-state index in [1.807, 2.05) is 0 Å². The van der Waals surface area contributed by atoms with E-state index in [1.54, 1.807) is 6.92 Å². The molecule has 0 saturated carbocycles. The summed E-state index contributed by atoms with van der Waals surface area (Å²) in [4.78, 5) is 3.98. The smallest absolute Gasteiger partial charge is 0.279 e. The lowest BCUT2D eigenvalue weighted by Crippen LogP contribution is -2.40. The molecule has 0 amide bonds. The van der Waals surface area contributed by atoms with Crippen LogP contribution in [0.3, 0.4) is 0 Å². The van der Waals surface area contributed by atoms with Gasteiger partial charge in [0.1, 0.15) is 0 Å². The molecular formula is C9H19N5O3S. The van der Waals surface area contributed by atoms with Crippen molar-refractivity contribution in [2.75, 3.05) is 26.7 Å². The molecule has 1 aromatic rings. The van der Waals surface area contributed by atoms with Gasteiger partial charge in [0.05, 0.1) is 0 Å². The van der Waals surface area contributed by atoms with E-state index in [2.05, 4.69) is 14.9 Å². The second-order valence-corrected chi connectivity index (χ2v) is 5.71. The standard InChI is InChI=1S/C9H19N5O3S/c1-8-12-9(17-13-8)4-6-11-18(15,16)14(2)7-3-5-10/h11H,3-7,10H2,1-2H3. The third kappa shape index (κ3) is 4.69. The van der Waals surface area contributed by atoms with Gasteiger partial charge in [-0.15, -0.1) is 0 Å². The largest absolute Gasteiger partial charge is 0.339 e. The summed E-state index contributed by atoms with van der Waals surface area (Å²) in [6.45, 7) is 2.78. The average molecular weight is 277 g/mol. The number of hydrogen-bond acceptors (Lipinski definition) is 6. The van der Waals surface area contributed by atoms with Crippen LogP contribution in [-0.4, -0.2) is 49.5 Å². The molecule has 0 aliphatic heterocycles. The Morgan fingerprint density at radius 2 is 2.22 bits per heavy atom. The molecule has 0 aliphatic carbocycles. The summed E-state index contributed by atoms with van der Waals surface area (Å²) in [6, 6.07) is 0. The van der Waals surface area contributed by atoms with Crippen LogP contribution in [0.5, 0.6) is 0 Å². The number of nitrogens with two attached hydrogens (primary N) is 1. The van der Waals surface area contributed by atoms with E-state index >= 15 is 0 Å². The molecule has 18 heavy (non-hydrogen) atoms. The molecule has 0 spiro atoms. The molecule has 1 aromatic heterocycles. The highest BCUT2D eigenvalue weighted by molar-refractivity contribution is 7.87. The van der Waals surface area contributed by atoms with Crippen LogP contribution in [0.25, 0.3) is 0 Å². The van der Waals surface area contributed by atoms with Crippen LogP contribution in [0.4, 0.5) is 0 Å². The highest BCUT2D eigenvalue weighted by Crippen LogP contribution is 1.98. The van der Waals surface area contributed by atoms with E-state index in [0.717, 1.165) is 0 Å². The third-order valence-corrected chi connectivity index (χ3v) is 3.85. The van der Waals surface area contributed by atoms with E-state index in [1.165, 1.54) is 11.4 Å². The first-order chi connectivity index (χ1) is 8.45. The summed E-state index contributed by atoms with van der Waals surface area (Å²) < 4.78 is 32.0. The van der Waals surface area contributed by atoms with E-state index < -0.39 is 10.2 Å². The quantitative estimate of drug-likeness (QED) is 0.632. The molecule has 9 heteroatoms. The van der Waals surface area contributed by atoms with E-state index in [4.69, 9.17) is 10.3 Å². The average Bonchev–Trinajstić information content (AvgIpc) is 2.71. The van der Waals surface area contributed by atoms with Crippen molar-refractivity contribution < 1.29 is 12.9 Å². The number of hydrogen-bond donors (Lipinski definition) is 2. The second kappa shape index (κ2) is 6.78. The lowest BCUT2D eigenvalue weighted by atomic mass is 10.4. The van der Waals surface area contributed by atoms with Gasteiger partial charge in [0.25, 0.3) is 10.2 Å². The minimum absolute atomic E-state index is 0.219. The van der Waals surface area contributed by atoms with Crippen molar-refractivity contribution in [3.8, 4) is 0 Å². The lowest BCUT2D eigenvalue weighted by Gasteiger charge is -2.16. The minimum atomic E-state index is -3.46. The van der Waals surface area contributed by atoms with Crippen molar-refractivity contribution in [2.45, 2.75) is 19.8 Å². The van der Waals surface area contributed by atoms with Crippen LogP contribution in [0, 0.1) is 6.92 Å². The van der Waals surface area contributed by atoms with Crippen LogP contribution >= 0.6 is 0 Å². The molecule has 0 unspecified atom stereocenters. The molecular weight excluding hydrogens is 258 g/mol. The number of nitrogens with one attached hydrogen (secondary N) is 1. The highest BCUT2D eigenvalue weighted by Gasteiger charge is 2.16. The Kier molecular flexibility index (Phi) is 5.66. The van der Waals surface area contributed by atoms with Gasteiger partial charge in [-0.3, -0.25) is 0 Å². The SMILES string of the molecule is Cc1noc(CCNS(=O)(=O)N(C)CCCN)n1. The van der Waals surface area contributed by atoms with Crippen molar-refractivity contribution in [1.29, 1.82) is 0 Å². The van der Waals surface area contributed by atoms with Gasteiger partial charge in [-0.25, -0.2) is 4.72 Å². The van der Waals surface area contributed by atoms with Gasteiger partial charge in [0.15, 0.2) is 5.82 Å². The van der Waals surface area contributed by atoms with E-state index in [-0.39, 0.29) is 6.54 Å². The predicted molar refractivity (Wildman–Crippen MR) is 66.0 cm³/mol. The fourth-order valence-electron chi connectivity index (χ4n) is 1.27. The van der Waals surface area contributed by atoms with E-state index in [9.17, 15) is 8.42 Å². The molecule has 8 nitrogen and oxygen atoms in total. The molecule has 1 heterocycles. The first-order valence-electron chi connectivity index (χ1n) is 5.66. The van der Waals surface area contributed by atoms with Crippen molar-refractivity contribution >= 4 is 10.2 Å². The Morgan fingerprint density at radius 1 is 1.50 bits per heavy atom. The zero-order valence-electron chi connectivity index (χ0n) is 10.6. The van der Waals surface area contributed by atoms with Crippen molar-refractivity contribution in [2.24, 2.45) is 5.73 Å². The second-order valence-electron chi connectivity index (χ2n) is 3.85. The number of aromatic nitrogens is 2. The zero-order valence-corrected chi connectivity index (χ0v) is 11.4.